The maximum Gasteiger partial charge on any atom is 0.258 e. The van der Waals surface area contributed by atoms with Gasteiger partial charge in [0, 0.05) is 24.7 Å². The van der Waals surface area contributed by atoms with E-state index in [0.29, 0.717) is 10.8 Å². The number of morpholine rings is 1. The molecule has 0 aliphatic carbocycles. The number of ether oxygens (including phenoxy) is 2. The van der Waals surface area contributed by atoms with Gasteiger partial charge in [0.1, 0.15) is 5.75 Å². The summed E-state index contributed by atoms with van der Waals surface area (Å²) in [7, 11) is 0. The number of hydrogen-bond acceptors (Lipinski definition) is 4. The molecule has 1 heterocycles. The minimum atomic E-state index is -0.143. The van der Waals surface area contributed by atoms with Crippen molar-refractivity contribution in [2.45, 2.75) is 19.9 Å². The van der Waals surface area contributed by atoms with Crippen molar-refractivity contribution in [3.63, 3.8) is 0 Å². The average Bonchev–Trinajstić information content (AvgIpc) is 2.68. The van der Waals surface area contributed by atoms with Crippen molar-refractivity contribution < 1.29 is 14.3 Å². The Hall–Kier alpha value is -2.08. The van der Waals surface area contributed by atoms with Crippen LogP contribution in [-0.2, 0) is 9.53 Å². The van der Waals surface area contributed by atoms with Gasteiger partial charge in [-0.15, -0.1) is 0 Å². The van der Waals surface area contributed by atoms with E-state index in [0.717, 1.165) is 49.5 Å². The summed E-state index contributed by atoms with van der Waals surface area (Å²) < 4.78 is 11.2. The lowest BCUT2D eigenvalue weighted by Gasteiger charge is -2.31. The Kier molecular flexibility index (Phi) is 7.31. The molecule has 2 aromatic carbocycles. The van der Waals surface area contributed by atoms with E-state index in [9.17, 15) is 4.79 Å². The maximum absolute atomic E-state index is 12.6. The van der Waals surface area contributed by atoms with Gasteiger partial charge in [-0.25, -0.2) is 0 Å². The number of hydrogen-bond donors (Lipinski definition) is 1. The van der Waals surface area contributed by atoms with Crippen LogP contribution >= 0.6 is 11.6 Å². The first-order valence-electron chi connectivity index (χ1n) is 9.57. The Balaban J connectivity index is 1.64. The van der Waals surface area contributed by atoms with Crippen LogP contribution in [0.4, 0.5) is 0 Å². The van der Waals surface area contributed by atoms with Gasteiger partial charge < -0.3 is 14.8 Å². The molecule has 3 rings (SSSR count). The number of nitrogens with zero attached hydrogens (tertiary/aromatic N) is 1. The van der Waals surface area contributed by atoms with Gasteiger partial charge in [-0.05, 0) is 42.7 Å². The minimum Gasteiger partial charge on any atom is -0.483 e. The Morgan fingerprint density at radius 3 is 2.46 bits per heavy atom. The number of rotatable bonds is 7. The van der Waals surface area contributed by atoms with Crippen molar-refractivity contribution in [2.75, 3.05) is 39.5 Å². The fourth-order valence-corrected chi connectivity index (χ4v) is 3.79. The quantitative estimate of drug-likeness (QED) is 0.769. The summed E-state index contributed by atoms with van der Waals surface area (Å²) in [5.41, 5.74) is 2.93. The van der Waals surface area contributed by atoms with E-state index in [1.165, 1.54) is 0 Å². The maximum atomic E-state index is 12.6. The first-order valence-corrected chi connectivity index (χ1v) is 9.94. The molecular formula is C22H27ClN2O3. The van der Waals surface area contributed by atoms with Crippen molar-refractivity contribution >= 4 is 17.5 Å². The molecule has 5 nitrogen and oxygen atoms in total. The second-order valence-corrected chi connectivity index (χ2v) is 7.54. The van der Waals surface area contributed by atoms with Crippen LogP contribution in [0.3, 0.4) is 0 Å². The summed E-state index contributed by atoms with van der Waals surface area (Å²) >= 11 is 6.07. The van der Waals surface area contributed by atoms with Gasteiger partial charge in [-0.1, -0.05) is 41.9 Å². The highest BCUT2D eigenvalue weighted by atomic mass is 35.5. The van der Waals surface area contributed by atoms with E-state index < -0.39 is 0 Å². The van der Waals surface area contributed by atoms with E-state index in [1.54, 1.807) is 0 Å². The van der Waals surface area contributed by atoms with Crippen LogP contribution in [0.2, 0.25) is 5.02 Å². The smallest absolute Gasteiger partial charge is 0.258 e. The van der Waals surface area contributed by atoms with E-state index in [-0.39, 0.29) is 18.6 Å². The lowest BCUT2D eigenvalue weighted by Crippen LogP contribution is -2.44. The zero-order chi connectivity index (χ0) is 19.9. The standard InChI is InChI=1S/C22H27ClN2O3/c1-16-12-19(23)13-17(2)22(16)28-15-21(26)24-20(18-6-4-3-5-7-18)14-25-8-10-27-11-9-25/h3-7,12-13,20H,8-11,14-15H2,1-2H3,(H,24,26). The molecular weight excluding hydrogens is 376 g/mol. The number of benzene rings is 2. The average molecular weight is 403 g/mol. The molecule has 1 saturated heterocycles. The van der Waals surface area contributed by atoms with Crippen LogP contribution < -0.4 is 10.1 Å². The highest BCUT2D eigenvalue weighted by molar-refractivity contribution is 6.30. The predicted octanol–water partition coefficient (Wildman–Crippen LogP) is 3.53. The summed E-state index contributed by atoms with van der Waals surface area (Å²) in [6.07, 6.45) is 0. The van der Waals surface area contributed by atoms with Crippen molar-refractivity contribution in [2.24, 2.45) is 0 Å². The minimum absolute atomic E-state index is 0.0320. The summed E-state index contributed by atoms with van der Waals surface area (Å²) in [5.74, 6) is 0.569. The van der Waals surface area contributed by atoms with E-state index >= 15 is 0 Å². The summed E-state index contributed by atoms with van der Waals surface area (Å²) in [6, 6.07) is 13.6. The molecule has 150 valence electrons. The number of halogens is 1. The molecule has 1 amide bonds. The zero-order valence-electron chi connectivity index (χ0n) is 16.4. The summed E-state index contributed by atoms with van der Waals surface area (Å²) in [5, 5.41) is 3.80. The van der Waals surface area contributed by atoms with Crippen LogP contribution in [0, 0.1) is 13.8 Å². The lowest BCUT2D eigenvalue weighted by atomic mass is 10.1. The molecule has 1 aliphatic rings. The Morgan fingerprint density at radius 1 is 1.18 bits per heavy atom. The van der Waals surface area contributed by atoms with Gasteiger partial charge in [-0.2, -0.15) is 0 Å². The molecule has 1 aliphatic heterocycles. The molecule has 1 N–H and O–H groups in total. The van der Waals surface area contributed by atoms with Crippen molar-refractivity contribution in [1.82, 2.24) is 10.2 Å². The highest BCUT2D eigenvalue weighted by Gasteiger charge is 2.20. The Labute approximate surface area is 171 Å². The number of carbonyl (C=O) groups is 1. The van der Waals surface area contributed by atoms with Gasteiger partial charge in [0.15, 0.2) is 6.61 Å². The van der Waals surface area contributed by atoms with Gasteiger partial charge >= 0.3 is 0 Å². The third kappa shape index (κ3) is 5.71. The van der Waals surface area contributed by atoms with Crippen LogP contribution in [0.15, 0.2) is 42.5 Å². The normalized spacial score (nSPS) is 15.8. The molecule has 0 saturated carbocycles. The zero-order valence-corrected chi connectivity index (χ0v) is 17.2. The SMILES string of the molecule is Cc1cc(Cl)cc(C)c1OCC(=O)NC(CN1CCOCC1)c1ccccc1. The van der Waals surface area contributed by atoms with Crippen LogP contribution in [0.5, 0.6) is 5.75 Å². The number of nitrogens with one attached hydrogen (secondary N) is 1. The van der Waals surface area contributed by atoms with Crippen LogP contribution in [0.25, 0.3) is 0 Å². The highest BCUT2D eigenvalue weighted by Crippen LogP contribution is 2.27. The fraction of sp³-hybridized carbons (Fsp3) is 0.409. The monoisotopic (exact) mass is 402 g/mol. The molecule has 6 heteroatoms. The van der Waals surface area contributed by atoms with Gasteiger partial charge in [0.05, 0.1) is 19.3 Å². The molecule has 0 aromatic heterocycles. The fourth-order valence-electron chi connectivity index (χ4n) is 3.46. The molecule has 1 unspecified atom stereocenters. The van der Waals surface area contributed by atoms with Crippen LogP contribution in [0.1, 0.15) is 22.7 Å². The Bertz CT molecular complexity index is 769. The van der Waals surface area contributed by atoms with Crippen molar-refractivity contribution in [1.29, 1.82) is 0 Å². The van der Waals surface area contributed by atoms with Gasteiger partial charge in [0.25, 0.3) is 5.91 Å². The second kappa shape index (κ2) is 9.92. The number of carbonyl (C=O) groups excluding carboxylic acids is 1. The third-order valence-corrected chi connectivity index (χ3v) is 5.07. The number of aryl methyl sites for hydroxylation is 2. The molecule has 2 aromatic rings. The largest absolute Gasteiger partial charge is 0.483 e. The molecule has 1 atom stereocenters. The van der Waals surface area contributed by atoms with Gasteiger partial charge in [-0.3, -0.25) is 9.69 Å². The number of amides is 1. The van der Waals surface area contributed by atoms with Gasteiger partial charge in [0.2, 0.25) is 0 Å². The first-order chi connectivity index (χ1) is 13.5. The van der Waals surface area contributed by atoms with Crippen molar-refractivity contribution in [3.05, 3.63) is 64.2 Å². The second-order valence-electron chi connectivity index (χ2n) is 7.10. The Morgan fingerprint density at radius 2 is 1.82 bits per heavy atom. The lowest BCUT2D eigenvalue weighted by molar-refractivity contribution is -0.124. The molecule has 0 radical (unpaired) electrons. The van der Waals surface area contributed by atoms with Crippen molar-refractivity contribution in [3.8, 4) is 5.75 Å². The molecule has 0 spiro atoms. The van der Waals surface area contributed by atoms with E-state index in [1.807, 2.05) is 56.3 Å². The first kappa shape index (κ1) is 20.6. The summed E-state index contributed by atoms with van der Waals surface area (Å²) in [6.45, 7) is 7.78. The molecule has 0 bridgehead atoms. The van der Waals surface area contributed by atoms with E-state index in [2.05, 4.69) is 10.2 Å². The molecule has 28 heavy (non-hydrogen) atoms. The third-order valence-electron chi connectivity index (χ3n) is 4.85. The predicted molar refractivity (Wildman–Crippen MR) is 111 cm³/mol. The van der Waals surface area contributed by atoms with Crippen LogP contribution in [-0.4, -0.2) is 50.3 Å². The molecule has 1 fully saturated rings. The topological polar surface area (TPSA) is 50.8 Å². The van der Waals surface area contributed by atoms with E-state index in [4.69, 9.17) is 21.1 Å². The summed E-state index contributed by atoms with van der Waals surface area (Å²) in [4.78, 5) is 14.9.